The van der Waals surface area contributed by atoms with Crippen LogP contribution in [0.2, 0.25) is 0 Å². The number of amides is 1. The van der Waals surface area contributed by atoms with E-state index < -0.39 is 0 Å². The van der Waals surface area contributed by atoms with Crippen LogP contribution in [0.4, 0.5) is 0 Å². The summed E-state index contributed by atoms with van der Waals surface area (Å²) in [7, 11) is 0. The summed E-state index contributed by atoms with van der Waals surface area (Å²) < 4.78 is 0. The van der Waals surface area contributed by atoms with Gasteiger partial charge in [0.15, 0.2) is 0 Å². The number of hydrogen-bond acceptors (Lipinski definition) is 2. The standard InChI is InChI=1S/C20H22N2O2/c1-15(10-12-23)22(14-16-5-3-2-4-6-16)20(24)18-7-8-19-17(13-18)9-11-21-19/h2-9,11,13,15,21,23H,10,12,14H2,1H3. The number of aliphatic hydroxyl groups is 1. The molecule has 124 valence electrons. The highest BCUT2D eigenvalue weighted by Gasteiger charge is 2.21. The Labute approximate surface area is 141 Å². The predicted octanol–water partition coefficient (Wildman–Crippen LogP) is 3.58. The van der Waals surface area contributed by atoms with Crippen molar-refractivity contribution in [3.8, 4) is 0 Å². The van der Waals surface area contributed by atoms with E-state index in [2.05, 4.69) is 4.98 Å². The lowest BCUT2D eigenvalue weighted by atomic mass is 10.1. The normalized spacial score (nSPS) is 12.2. The minimum Gasteiger partial charge on any atom is -0.396 e. The van der Waals surface area contributed by atoms with E-state index in [4.69, 9.17) is 0 Å². The van der Waals surface area contributed by atoms with Crippen LogP contribution >= 0.6 is 0 Å². The van der Waals surface area contributed by atoms with Gasteiger partial charge in [0.2, 0.25) is 0 Å². The van der Waals surface area contributed by atoms with Crippen molar-refractivity contribution in [2.24, 2.45) is 0 Å². The van der Waals surface area contributed by atoms with Crippen molar-refractivity contribution >= 4 is 16.8 Å². The Morgan fingerprint density at radius 2 is 1.96 bits per heavy atom. The molecule has 24 heavy (non-hydrogen) atoms. The third-order valence-corrected chi connectivity index (χ3v) is 4.34. The van der Waals surface area contributed by atoms with Crippen molar-refractivity contribution in [3.05, 3.63) is 71.9 Å². The summed E-state index contributed by atoms with van der Waals surface area (Å²) in [6.07, 6.45) is 2.43. The fourth-order valence-corrected chi connectivity index (χ4v) is 2.90. The summed E-state index contributed by atoms with van der Waals surface area (Å²) in [5.41, 5.74) is 2.77. The van der Waals surface area contributed by atoms with Crippen LogP contribution < -0.4 is 0 Å². The number of nitrogens with zero attached hydrogens (tertiary/aromatic N) is 1. The van der Waals surface area contributed by atoms with Gasteiger partial charge in [0, 0.05) is 41.9 Å². The van der Waals surface area contributed by atoms with Gasteiger partial charge in [0.25, 0.3) is 5.91 Å². The highest BCUT2D eigenvalue weighted by atomic mass is 16.3. The second-order valence-electron chi connectivity index (χ2n) is 6.06. The molecule has 1 atom stereocenters. The Balaban J connectivity index is 1.89. The van der Waals surface area contributed by atoms with Crippen LogP contribution in [-0.4, -0.2) is 33.5 Å². The second kappa shape index (κ2) is 7.32. The maximum Gasteiger partial charge on any atom is 0.254 e. The molecule has 1 unspecified atom stereocenters. The summed E-state index contributed by atoms with van der Waals surface area (Å²) in [5.74, 6) is -0.0112. The van der Waals surface area contributed by atoms with E-state index in [0.29, 0.717) is 18.5 Å². The first-order valence-corrected chi connectivity index (χ1v) is 8.22. The molecule has 0 spiro atoms. The molecule has 0 aliphatic rings. The van der Waals surface area contributed by atoms with Crippen molar-refractivity contribution in [1.82, 2.24) is 9.88 Å². The largest absolute Gasteiger partial charge is 0.396 e. The van der Waals surface area contributed by atoms with Crippen molar-refractivity contribution in [3.63, 3.8) is 0 Å². The fourth-order valence-electron chi connectivity index (χ4n) is 2.90. The molecule has 0 fully saturated rings. The number of aliphatic hydroxyl groups excluding tert-OH is 1. The Kier molecular flexibility index (Phi) is 4.96. The van der Waals surface area contributed by atoms with Crippen LogP contribution in [-0.2, 0) is 6.54 Å². The summed E-state index contributed by atoms with van der Waals surface area (Å²) in [6.45, 7) is 2.58. The number of fused-ring (bicyclic) bond motifs is 1. The minimum atomic E-state index is -0.0374. The van der Waals surface area contributed by atoms with Crippen LogP contribution in [0.1, 0.15) is 29.3 Å². The van der Waals surface area contributed by atoms with E-state index in [1.165, 1.54) is 0 Å². The molecule has 0 radical (unpaired) electrons. The molecule has 2 N–H and O–H groups in total. The number of benzene rings is 2. The van der Waals surface area contributed by atoms with Crippen molar-refractivity contribution in [1.29, 1.82) is 0 Å². The van der Waals surface area contributed by atoms with Crippen molar-refractivity contribution in [2.45, 2.75) is 25.9 Å². The summed E-state index contributed by atoms with van der Waals surface area (Å²) in [4.78, 5) is 18.0. The zero-order valence-electron chi connectivity index (χ0n) is 13.8. The Morgan fingerprint density at radius 1 is 1.17 bits per heavy atom. The molecule has 4 nitrogen and oxygen atoms in total. The molecule has 0 aliphatic carbocycles. The Hall–Kier alpha value is -2.59. The first-order chi connectivity index (χ1) is 11.7. The van der Waals surface area contributed by atoms with Crippen LogP contribution in [0, 0.1) is 0 Å². The zero-order chi connectivity index (χ0) is 16.9. The van der Waals surface area contributed by atoms with Crippen LogP contribution in [0.5, 0.6) is 0 Å². The van der Waals surface area contributed by atoms with Gasteiger partial charge in [-0.25, -0.2) is 0 Å². The molecular formula is C20H22N2O2. The first kappa shape index (κ1) is 16.3. The molecule has 1 amide bonds. The molecule has 0 saturated carbocycles. The summed E-state index contributed by atoms with van der Waals surface area (Å²) in [5, 5.41) is 10.3. The average molecular weight is 322 g/mol. The minimum absolute atomic E-state index is 0.0112. The van der Waals surface area contributed by atoms with Crippen LogP contribution in [0.15, 0.2) is 60.8 Å². The van der Waals surface area contributed by atoms with Crippen molar-refractivity contribution < 1.29 is 9.90 Å². The quantitative estimate of drug-likeness (QED) is 0.729. The monoisotopic (exact) mass is 322 g/mol. The van der Waals surface area contributed by atoms with E-state index in [0.717, 1.165) is 16.5 Å². The number of nitrogens with one attached hydrogen (secondary N) is 1. The average Bonchev–Trinajstić information content (AvgIpc) is 3.08. The SMILES string of the molecule is CC(CCO)N(Cc1ccccc1)C(=O)c1ccc2[nH]ccc2c1. The van der Waals surface area contributed by atoms with E-state index in [9.17, 15) is 9.90 Å². The van der Waals surface area contributed by atoms with Gasteiger partial charge in [-0.3, -0.25) is 4.79 Å². The molecule has 0 aliphatic heterocycles. The Bertz CT molecular complexity index is 811. The van der Waals surface area contributed by atoms with Gasteiger partial charge in [-0.1, -0.05) is 30.3 Å². The smallest absolute Gasteiger partial charge is 0.254 e. The number of carbonyl (C=O) groups excluding carboxylic acids is 1. The fraction of sp³-hybridized carbons (Fsp3) is 0.250. The highest BCUT2D eigenvalue weighted by Crippen LogP contribution is 2.19. The van der Waals surface area contributed by atoms with E-state index in [1.807, 2.05) is 72.6 Å². The zero-order valence-corrected chi connectivity index (χ0v) is 13.8. The van der Waals surface area contributed by atoms with E-state index >= 15 is 0 Å². The van der Waals surface area contributed by atoms with Gasteiger partial charge in [-0.2, -0.15) is 0 Å². The van der Waals surface area contributed by atoms with Gasteiger partial charge in [-0.15, -0.1) is 0 Å². The molecule has 1 heterocycles. The lowest BCUT2D eigenvalue weighted by molar-refractivity contribution is 0.0649. The predicted molar refractivity (Wildman–Crippen MR) is 95.8 cm³/mol. The molecule has 1 aromatic heterocycles. The van der Waals surface area contributed by atoms with Gasteiger partial charge in [-0.05, 0) is 43.2 Å². The van der Waals surface area contributed by atoms with E-state index in [1.54, 1.807) is 0 Å². The molecule has 0 saturated heterocycles. The van der Waals surface area contributed by atoms with Crippen molar-refractivity contribution in [2.75, 3.05) is 6.61 Å². The number of rotatable bonds is 6. The number of aromatic nitrogens is 1. The van der Waals surface area contributed by atoms with E-state index in [-0.39, 0.29) is 18.6 Å². The second-order valence-corrected chi connectivity index (χ2v) is 6.06. The van der Waals surface area contributed by atoms with Gasteiger partial charge < -0.3 is 15.0 Å². The molecule has 3 aromatic rings. The summed E-state index contributed by atoms with van der Waals surface area (Å²) >= 11 is 0. The third kappa shape index (κ3) is 3.49. The third-order valence-electron chi connectivity index (χ3n) is 4.34. The number of H-pyrrole nitrogens is 1. The number of aromatic amines is 1. The molecule has 4 heteroatoms. The van der Waals surface area contributed by atoms with Crippen LogP contribution in [0.3, 0.4) is 0 Å². The van der Waals surface area contributed by atoms with Gasteiger partial charge >= 0.3 is 0 Å². The number of carbonyl (C=O) groups is 1. The van der Waals surface area contributed by atoms with Gasteiger partial charge in [0.05, 0.1) is 0 Å². The van der Waals surface area contributed by atoms with Gasteiger partial charge in [0.1, 0.15) is 0 Å². The lowest BCUT2D eigenvalue weighted by Gasteiger charge is -2.29. The maximum atomic E-state index is 13.1. The molecule has 0 bridgehead atoms. The summed E-state index contributed by atoms with van der Waals surface area (Å²) in [6, 6.07) is 17.6. The Morgan fingerprint density at radius 3 is 2.71 bits per heavy atom. The molecule has 2 aromatic carbocycles. The van der Waals surface area contributed by atoms with Crippen LogP contribution in [0.25, 0.3) is 10.9 Å². The first-order valence-electron chi connectivity index (χ1n) is 8.22. The molecule has 3 rings (SSSR count). The maximum absolute atomic E-state index is 13.1. The topological polar surface area (TPSA) is 56.3 Å². The molecular weight excluding hydrogens is 300 g/mol. The highest BCUT2D eigenvalue weighted by molar-refractivity contribution is 5.98. The lowest BCUT2D eigenvalue weighted by Crippen LogP contribution is -2.38. The number of hydrogen-bond donors (Lipinski definition) is 2.